The minimum atomic E-state index is 0.0143. The van der Waals surface area contributed by atoms with Crippen molar-refractivity contribution in [1.29, 1.82) is 0 Å². The molecule has 0 aromatic heterocycles. The van der Waals surface area contributed by atoms with Gasteiger partial charge in [-0.1, -0.05) is 39.2 Å². The molecule has 0 aliphatic rings. The van der Waals surface area contributed by atoms with Crippen molar-refractivity contribution >= 4 is 5.91 Å². The van der Waals surface area contributed by atoms with Crippen molar-refractivity contribution in [1.82, 2.24) is 5.32 Å². The van der Waals surface area contributed by atoms with E-state index in [1.807, 2.05) is 13.8 Å². The standard InChI is InChI=1S/C13H25NO/c1-5-6-7-8-9-10-12(4)13(15)14-11(2)3/h11H,4-10H2,1-3H3,(H,14,15). The molecular formula is C13H25NO. The molecule has 0 aliphatic carbocycles. The predicted molar refractivity (Wildman–Crippen MR) is 65.8 cm³/mol. The van der Waals surface area contributed by atoms with Crippen molar-refractivity contribution in [2.24, 2.45) is 0 Å². The van der Waals surface area contributed by atoms with E-state index >= 15 is 0 Å². The lowest BCUT2D eigenvalue weighted by atomic mass is 10.1. The Morgan fingerprint density at radius 2 is 1.80 bits per heavy atom. The second-order valence-corrected chi connectivity index (χ2v) is 4.40. The molecule has 0 aromatic rings. The van der Waals surface area contributed by atoms with Crippen LogP contribution in [0, 0.1) is 0 Å². The highest BCUT2D eigenvalue weighted by atomic mass is 16.1. The maximum Gasteiger partial charge on any atom is 0.246 e. The summed E-state index contributed by atoms with van der Waals surface area (Å²) in [4.78, 5) is 11.5. The van der Waals surface area contributed by atoms with E-state index in [-0.39, 0.29) is 11.9 Å². The third kappa shape index (κ3) is 8.22. The van der Waals surface area contributed by atoms with Gasteiger partial charge in [0, 0.05) is 11.6 Å². The van der Waals surface area contributed by atoms with Gasteiger partial charge in [-0.25, -0.2) is 0 Å². The molecule has 0 spiro atoms. The summed E-state index contributed by atoms with van der Waals surface area (Å²) in [5, 5.41) is 2.86. The molecule has 0 fully saturated rings. The lowest BCUT2D eigenvalue weighted by molar-refractivity contribution is -0.118. The zero-order chi connectivity index (χ0) is 11.7. The van der Waals surface area contributed by atoms with Gasteiger partial charge >= 0.3 is 0 Å². The fraction of sp³-hybridized carbons (Fsp3) is 0.769. The van der Waals surface area contributed by atoms with E-state index < -0.39 is 0 Å². The van der Waals surface area contributed by atoms with Crippen molar-refractivity contribution in [2.75, 3.05) is 0 Å². The number of hydrogen-bond donors (Lipinski definition) is 1. The molecule has 0 atom stereocenters. The number of carbonyl (C=O) groups is 1. The molecular weight excluding hydrogens is 186 g/mol. The summed E-state index contributed by atoms with van der Waals surface area (Å²) < 4.78 is 0. The largest absolute Gasteiger partial charge is 0.350 e. The summed E-state index contributed by atoms with van der Waals surface area (Å²) >= 11 is 0. The molecule has 0 aromatic carbocycles. The van der Waals surface area contributed by atoms with Gasteiger partial charge < -0.3 is 5.32 Å². The minimum absolute atomic E-state index is 0.0143. The number of amides is 1. The highest BCUT2D eigenvalue weighted by Crippen LogP contribution is 2.09. The molecule has 1 N–H and O–H groups in total. The molecule has 88 valence electrons. The second-order valence-electron chi connectivity index (χ2n) is 4.40. The minimum Gasteiger partial charge on any atom is -0.350 e. The Morgan fingerprint density at radius 1 is 1.20 bits per heavy atom. The average Bonchev–Trinajstić information content (AvgIpc) is 2.16. The van der Waals surface area contributed by atoms with Crippen LogP contribution in [0.15, 0.2) is 12.2 Å². The number of rotatable bonds is 8. The van der Waals surface area contributed by atoms with Crippen molar-refractivity contribution in [3.8, 4) is 0 Å². The SMILES string of the molecule is C=C(CCCCCCC)C(=O)NC(C)C. The average molecular weight is 211 g/mol. The summed E-state index contributed by atoms with van der Waals surface area (Å²) in [7, 11) is 0. The van der Waals surface area contributed by atoms with Gasteiger partial charge in [0.1, 0.15) is 0 Å². The Bertz CT molecular complexity index is 197. The van der Waals surface area contributed by atoms with Crippen LogP contribution in [0.5, 0.6) is 0 Å². The Hall–Kier alpha value is -0.790. The van der Waals surface area contributed by atoms with Crippen LogP contribution in [-0.4, -0.2) is 11.9 Å². The maximum absolute atomic E-state index is 11.5. The van der Waals surface area contributed by atoms with Crippen LogP contribution in [0.25, 0.3) is 0 Å². The molecule has 0 bridgehead atoms. The normalized spacial score (nSPS) is 10.4. The van der Waals surface area contributed by atoms with Gasteiger partial charge in [0.15, 0.2) is 0 Å². The van der Waals surface area contributed by atoms with Crippen molar-refractivity contribution in [3.05, 3.63) is 12.2 Å². The van der Waals surface area contributed by atoms with E-state index in [1.54, 1.807) is 0 Å². The summed E-state index contributed by atoms with van der Waals surface area (Å²) in [6.07, 6.45) is 6.96. The van der Waals surface area contributed by atoms with Gasteiger partial charge in [-0.2, -0.15) is 0 Å². The van der Waals surface area contributed by atoms with E-state index in [0.717, 1.165) is 18.4 Å². The summed E-state index contributed by atoms with van der Waals surface area (Å²) in [6, 6.07) is 0.203. The quantitative estimate of drug-likeness (QED) is 0.483. The highest BCUT2D eigenvalue weighted by molar-refractivity contribution is 5.92. The van der Waals surface area contributed by atoms with E-state index in [0.29, 0.717) is 0 Å². The molecule has 0 unspecified atom stereocenters. The molecule has 2 nitrogen and oxygen atoms in total. The fourth-order valence-corrected chi connectivity index (χ4v) is 1.42. The second kappa shape index (κ2) is 8.51. The number of nitrogens with one attached hydrogen (secondary N) is 1. The summed E-state index contributed by atoms with van der Waals surface area (Å²) in [5.74, 6) is 0.0143. The van der Waals surface area contributed by atoms with E-state index in [4.69, 9.17) is 0 Å². The van der Waals surface area contributed by atoms with Crippen LogP contribution in [0.1, 0.15) is 59.3 Å². The van der Waals surface area contributed by atoms with Crippen molar-refractivity contribution in [3.63, 3.8) is 0 Å². The molecule has 0 saturated heterocycles. The van der Waals surface area contributed by atoms with Gasteiger partial charge in [0.2, 0.25) is 5.91 Å². The zero-order valence-electron chi connectivity index (χ0n) is 10.4. The van der Waals surface area contributed by atoms with Gasteiger partial charge in [-0.3, -0.25) is 4.79 Å². The molecule has 0 heterocycles. The molecule has 1 amide bonds. The van der Waals surface area contributed by atoms with Crippen LogP contribution in [0.3, 0.4) is 0 Å². The fourth-order valence-electron chi connectivity index (χ4n) is 1.42. The van der Waals surface area contributed by atoms with Crippen LogP contribution in [0.4, 0.5) is 0 Å². The van der Waals surface area contributed by atoms with Crippen LogP contribution < -0.4 is 5.32 Å². The van der Waals surface area contributed by atoms with Crippen LogP contribution >= 0.6 is 0 Å². The number of carbonyl (C=O) groups excluding carboxylic acids is 1. The van der Waals surface area contributed by atoms with Crippen LogP contribution in [0.2, 0.25) is 0 Å². The molecule has 15 heavy (non-hydrogen) atoms. The Kier molecular flexibility index (Phi) is 8.06. The molecule has 0 aliphatic heterocycles. The third-order valence-corrected chi connectivity index (χ3v) is 2.32. The van der Waals surface area contributed by atoms with Gasteiger partial charge in [-0.05, 0) is 26.7 Å². The monoisotopic (exact) mass is 211 g/mol. The molecule has 2 heteroatoms. The van der Waals surface area contributed by atoms with E-state index in [1.165, 1.54) is 25.7 Å². The van der Waals surface area contributed by atoms with Crippen molar-refractivity contribution < 1.29 is 4.79 Å². The van der Waals surface area contributed by atoms with Gasteiger partial charge in [0.05, 0.1) is 0 Å². The first-order chi connectivity index (χ1) is 7.07. The van der Waals surface area contributed by atoms with Gasteiger partial charge in [-0.15, -0.1) is 0 Å². The summed E-state index contributed by atoms with van der Waals surface area (Å²) in [5.41, 5.74) is 0.722. The highest BCUT2D eigenvalue weighted by Gasteiger charge is 2.07. The summed E-state index contributed by atoms with van der Waals surface area (Å²) in [6.45, 7) is 9.95. The van der Waals surface area contributed by atoms with E-state index in [2.05, 4.69) is 18.8 Å². The predicted octanol–water partition coefficient (Wildman–Crippen LogP) is 3.43. The molecule has 0 rings (SSSR count). The third-order valence-electron chi connectivity index (χ3n) is 2.32. The maximum atomic E-state index is 11.5. The van der Waals surface area contributed by atoms with Gasteiger partial charge in [0.25, 0.3) is 0 Å². The smallest absolute Gasteiger partial charge is 0.246 e. The number of hydrogen-bond acceptors (Lipinski definition) is 1. The Balaban J connectivity index is 3.52. The lowest BCUT2D eigenvalue weighted by Gasteiger charge is -2.10. The lowest BCUT2D eigenvalue weighted by Crippen LogP contribution is -2.31. The van der Waals surface area contributed by atoms with Crippen molar-refractivity contribution in [2.45, 2.75) is 65.3 Å². The first-order valence-electron chi connectivity index (χ1n) is 6.06. The molecule has 0 radical (unpaired) electrons. The zero-order valence-corrected chi connectivity index (χ0v) is 10.4. The number of unbranched alkanes of at least 4 members (excludes halogenated alkanes) is 4. The Morgan fingerprint density at radius 3 is 2.33 bits per heavy atom. The Labute approximate surface area is 94.1 Å². The topological polar surface area (TPSA) is 29.1 Å². The first kappa shape index (κ1) is 14.2. The van der Waals surface area contributed by atoms with Crippen LogP contribution in [-0.2, 0) is 4.79 Å². The van der Waals surface area contributed by atoms with E-state index in [9.17, 15) is 4.79 Å². The molecule has 0 saturated carbocycles. The first-order valence-corrected chi connectivity index (χ1v) is 6.06.